The number of nitrogens with one attached hydrogen (secondary N) is 2. The number of hydrogen-bond acceptors (Lipinski definition) is 6. The molecule has 1 aliphatic rings. The third-order valence-electron chi connectivity index (χ3n) is 5.31. The minimum Gasteiger partial charge on any atom is -0.394 e. The molecule has 1 aliphatic heterocycles. The number of carbonyl (C=O) groups excluding carboxylic acids is 1. The Morgan fingerprint density at radius 3 is 2.76 bits per heavy atom. The molecule has 1 saturated heterocycles. The predicted molar refractivity (Wildman–Crippen MR) is 119 cm³/mol. The number of alkyl halides is 2. The Morgan fingerprint density at radius 2 is 2.09 bits per heavy atom. The van der Waals surface area contributed by atoms with Gasteiger partial charge >= 0.3 is 0 Å². The molecule has 0 unspecified atom stereocenters. The molecule has 4 N–H and O–H groups in total. The Bertz CT molecular complexity index is 1180. The van der Waals surface area contributed by atoms with E-state index < -0.39 is 35.3 Å². The lowest BCUT2D eigenvalue weighted by atomic mass is 9.97. The Balaban J connectivity index is 2.03. The zero-order chi connectivity index (χ0) is 24.3. The van der Waals surface area contributed by atoms with Crippen molar-refractivity contribution in [3.63, 3.8) is 0 Å². The van der Waals surface area contributed by atoms with E-state index in [4.69, 9.17) is 17.3 Å². The van der Waals surface area contributed by atoms with Crippen molar-refractivity contribution in [3.05, 3.63) is 68.0 Å². The van der Waals surface area contributed by atoms with Crippen molar-refractivity contribution in [2.75, 3.05) is 25.0 Å². The normalized spacial score (nSPS) is 17.9. The lowest BCUT2D eigenvalue weighted by molar-refractivity contribution is -0.117. The van der Waals surface area contributed by atoms with Crippen molar-refractivity contribution in [1.82, 2.24) is 15.5 Å². The molecule has 0 saturated carbocycles. The summed E-state index contributed by atoms with van der Waals surface area (Å²) in [7, 11) is 1.42. The largest absolute Gasteiger partial charge is 0.394 e. The molecule has 1 fully saturated rings. The average Bonchev–Trinajstić information content (AvgIpc) is 2.80. The van der Waals surface area contributed by atoms with Crippen LogP contribution >= 0.6 is 11.6 Å². The van der Waals surface area contributed by atoms with Crippen LogP contribution in [0.4, 0.5) is 18.9 Å². The van der Waals surface area contributed by atoms with Crippen molar-refractivity contribution in [1.29, 1.82) is 0 Å². The van der Waals surface area contributed by atoms with Gasteiger partial charge in [-0.3, -0.25) is 14.6 Å². The number of nitrogens with two attached hydrogens (primary N) is 1. The van der Waals surface area contributed by atoms with Crippen LogP contribution < -0.4 is 21.5 Å². The number of H-pyrrole nitrogens is 1. The van der Waals surface area contributed by atoms with Crippen LogP contribution in [-0.2, 0) is 4.79 Å². The third kappa shape index (κ3) is 5.19. The highest BCUT2D eigenvalue weighted by Gasteiger charge is 2.28. The van der Waals surface area contributed by atoms with E-state index in [-0.39, 0.29) is 29.2 Å². The Hall–Kier alpha value is -3.34. The zero-order valence-corrected chi connectivity index (χ0v) is 18.6. The molecule has 3 rings (SSSR count). The number of amides is 1. The molecule has 2 aromatic rings. The molecule has 0 spiro atoms. The van der Waals surface area contributed by atoms with Gasteiger partial charge in [0, 0.05) is 43.4 Å². The number of aliphatic imine (C=N–C) groups is 1. The summed E-state index contributed by atoms with van der Waals surface area (Å²) in [4.78, 5) is 30.4. The fourth-order valence-electron chi connectivity index (χ4n) is 3.63. The number of halogens is 4. The molecule has 1 amide bonds. The first kappa shape index (κ1) is 24.3. The maximum atomic E-state index is 13.5. The van der Waals surface area contributed by atoms with Crippen LogP contribution in [0.25, 0.3) is 0 Å². The number of aromatic amines is 1. The van der Waals surface area contributed by atoms with Gasteiger partial charge in [0.1, 0.15) is 16.5 Å². The molecule has 1 aromatic heterocycles. The van der Waals surface area contributed by atoms with Gasteiger partial charge in [0.25, 0.3) is 17.9 Å². The first-order chi connectivity index (χ1) is 15.6. The second-order valence-electron chi connectivity index (χ2n) is 7.37. The summed E-state index contributed by atoms with van der Waals surface area (Å²) >= 11 is 6.12. The number of carbonyl (C=O) groups is 1. The minimum absolute atomic E-state index is 0.0653. The number of anilines is 1. The van der Waals surface area contributed by atoms with Gasteiger partial charge in [-0.25, -0.2) is 18.3 Å². The standard InChI is InChI=1S/C21H22ClF3N6O2/c1-10(12-4-3-11(23)7-13(12)19(24)25)29-15-5-6-31(9-14(15)18(26)21(33)27-2)16-8-28-30-20(32)17(16)22/h3-4,7-8,10,19H,5-6,9,26H2,1-2H3,(H,27,33)(H,30,32)/t10-/m1/s1. The van der Waals surface area contributed by atoms with Crippen molar-refractivity contribution in [2.45, 2.75) is 25.8 Å². The highest BCUT2D eigenvalue weighted by atomic mass is 35.5. The summed E-state index contributed by atoms with van der Waals surface area (Å²) in [6.07, 6.45) is -1.21. The number of likely N-dealkylation sites (N-methyl/N-ethyl adjacent to an activating group) is 1. The van der Waals surface area contributed by atoms with Gasteiger partial charge in [-0.2, -0.15) is 5.10 Å². The first-order valence-corrected chi connectivity index (χ1v) is 10.3. The monoisotopic (exact) mass is 482 g/mol. The summed E-state index contributed by atoms with van der Waals surface area (Å²) in [6, 6.07) is 2.40. The van der Waals surface area contributed by atoms with Gasteiger partial charge in [-0.05, 0) is 24.6 Å². The molecule has 2 heterocycles. The predicted octanol–water partition coefficient (Wildman–Crippen LogP) is 2.87. The molecule has 176 valence electrons. The van der Waals surface area contributed by atoms with Crippen LogP contribution in [0.1, 0.15) is 36.9 Å². The topological polar surface area (TPSA) is 116 Å². The lowest BCUT2D eigenvalue weighted by Gasteiger charge is -2.33. The van der Waals surface area contributed by atoms with E-state index in [0.717, 1.165) is 12.1 Å². The molecular formula is C21H22ClF3N6O2. The average molecular weight is 483 g/mol. The molecule has 8 nitrogen and oxygen atoms in total. The number of piperidine rings is 1. The zero-order valence-electron chi connectivity index (χ0n) is 17.8. The third-order valence-corrected chi connectivity index (χ3v) is 5.68. The smallest absolute Gasteiger partial charge is 0.285 e. The summed E-state index contributed by atoms with van der Waals surface area (Å²) in [5.41, 5.74) is 6.30. The van der Waals surface area contributed by atoms with Crippen LogP contribution in [0.5, 0.6) is 0 Å². The lowest BCUT2D eigenvalue weighted by Crippen LogP contribution is -2.40. The number of aromatic nitrogens is 2. The molecule has 0 radical (unpaired) electrons. The van der Waals surface area contributed by atoms with Crippen molar-refractivity contribution in [2.24, 2.45) is 10.7 Å². The van der Waals surface area contributed by atoms with Gasteiger partial charge in [0.05, 0.1) is 17.9 Å². The second-order valence-corrected chi connectivity index (χ2v) is 7.74. The van der Waals surface area contributed by atoms with Crippen molar-refractivity contribution in [3.8, 4) is 0 Å². The summed E-state index contributed by atoms with van der Waals surface area (Å²) in [6.45, 7) is 2.04. The van der Waals surface area contributed by atoms with E-state index in [0.29, 0.717) is 23.5 Å². The Labute approximate surface area is 192 Å². The Kier molecular flexibility index (Phi) is 7.42. The van der Waals surface area contributed by atoms with Gasteiger partial charge < -0.3 is 16.0 Å². The van der Waals surface area contributed by atoms with Crippen LogP contribution in [0.2, 0.25) is 5.02 Å². The van der Waals surface area contributed by atoms with Gasteiger partial charge in [-0.15, -0.1) is 0 Å². The van der Waals surface area contributed by atoms with E-state index in [2.05, 4.69) is 20.5 Å². The van der Waals surface area contributed by atoms with Crippen molar-refractivity contribution >= 4 is 28.9 Å². The number of hydrogen-bond donors (Lipinski definition) is 3. The Morgan fingerprint density at radius 1 is 1.36 bits per heavy atom. The first-order valence-electron chi connectivity index (χ1n) is 9.97. The number of nitrogens with zero attached hydrogens (tertiary/aromatic N) is 3. The van der Waals surface area contributed by atoms with E-state index >= 15 is 0 Å². The van der Waals surface area contributed by atoms with Gasteiger partial charge in [0.2, 0.25) is 0 Å². The van der Waals surface area contributed by atoms with Gasteiger partial charge in [-0.1, -0.05) is 17.7 Å². The number of benzene rings is 1. The summed E-state index contributed by atoms with van der Waals surface area (Å²) in [5.74, 6) is -1.31. The maximum Gasteiger partial charge on any atom is 0.285 e. The van der Waals surface area contributed by atoms with Crippen LogP contribution in [0, 0.1) is 5.82 Å². The van der Waals surface area contributed by atoms with E-state index in [1.165, 1.54) is 19.3 Å². The number of rotatable bonds is 5. The second kappa shape index (κ2) is 10.1. The molecular weight excluding hydrogens is 461 g/mol. The minimum atomic E-state index is -2.88. The highest BCUT2D eigenvalue weighted by Crippen LogP contribution is 2.32. The van der Waals surface area contributed by atoms with E-state index in [1.807, 2.05) is 0 Å². The quantitative estimate of drug-likeness (QED) is 0.567. The van der Waals surface area contributed by atoms with E-state index in [1.54, 1.807) is 11.8 Å². The van der Waals surface area contributed by atoms with Crippen LogP contribution in [0.15, 0.2) is 45.5 Å². The molecule has 1 atom stereocenters. The molecule has 0 bridgehead atoms. The molecule has 1 aromatic carbocycles. The maximum absolute atomic E-state index is 13.5. The van der Waals surface area contributed by atoms with Crippen molar-refractivity contribution < 1.29 is 18.0 Å². The van der Waals surface area contributed by atoms with Crippen LogP contribution in [-0.4, -0.2) is 42.0 Å². The molecule has 12 heteroatoms. The van der Waals surface area contributed by atoms with Crippen LogP contribution in [0.3, 0.4) is 0 Å². The van der Waals surface area contributed by atoms with E-state index in [9.17, 15) is 22.8 Å². The summed E-state index contributed by atoms with van der Waals surface area (Å²) in [5, 5.41) is 8.37. The fraction of sp³-hybridized carbons (Fsp3) is 0.333. The molecule has 0 aliphatic carbocycles. The highest BCUT2D eigenvalue weighted by molar-refractivity contribution is 6.33. The fourth-order valence-corrected chi connectivity index (χ4v) is 3.84. The SMILES string of the molecule is CNC(=O)C(N)=C1CN(c2cn[nH]c(=O)c2Cl)CCC1=N[C@H](C)c1ccc(F)cc1C(F)F. The molecule has 33 heavy (non-hydrogen) atoms. The summed E-state index contributed by atoms with van der Waals surface area (Å²) < 4.78 is 40.4. The van der Waals surface area contributed by atoms with Gasteiger partial charge in [0.15, 0.2) is 0 Å².